The molecule has 4 nitrogen and oxygen atoms in total. The van der Waals surface area contributed by atoms with Gasteiger partial charge in [-0.1, -0.05) is 12.1 Å². The summed E-state index contributed by atoms with van der Waals surface area (Å²) >= 11 is 0. The van der Waals surface area contributed by atoms with Gasteiger partial charge in [0.25, 0.3) is 0 Å². The number of nitrogens with zero attached hydrogens (tertiary/aromatic N) is 1. The van der Waals surface area contributed by atoms with E-state index in [1.165, 1.54) is 0 Å². The van der Waals surface area contributed by atoms with E-state index >= 15 is 0 Å². The number of hydrogen-bond acceptors (Lipinski definition) is 4. The number of benzene rings is 1. The molecule has 0 aromatic heterocycles. The van der Waals surface area contributed by atoms with Crippen LogP contribution in [0.15, 0.2) is 24.3 Å². The molecule has 0 amide bonds. The minimum atomic E-state index is -0.0112. The zero-order valence-electron chi connectivity index (χ0n) is 10.1. The van der Waals surface area contributed by atoms with Crippen molar-refractivity contribution in [2.45, 2.75) is 12.8 Å². The molecule has 0 N–H and O–H groups in total. The van der Waals surface area contributed by atoms with Gasteiger partial charge in [-0.05, 0) is 24.1 Å². The summed E-state index contributed by atoms with van der Waals surface area (Å²) in [5, 5.41) is 8.55. The van der Waals surface area contributed by atoms with Crippen molar-refractivity contribution in [3.63, 3.8) is 0 Å². The van der Waals surface area contributed by atoms with Gasteiger partial charge in [0, 0.05) is 12.5 Å². The van der Waals surface area contributed by atoms with Crippen LogP contribution in [0.25, 0.3) is 0 Å². The Hall–Kier alpha value is -1.86. The summed E-state index contributed by atoms with van der Waals surface area (Å²) in [5.74, 6) is 0.736. The molecule has 1 aromatic carbocycles. The van der Waals surface area contributed by atoms with Crippen LogP contribution in [-0.4, -0.2) is 25.6 Å². The Balaban J connectivity index is 1.82. The summed E-state index contributed by atoms with van der Waals surface area (Å²) in [6, 6.07) is 9.32. The zero-order chi connectivity index (χ0) is 12.8. The number of carbonyl (C=O) groups excluding carboxylic acids is 1. The maximum atomic E-state index is 11.7. The quantitative estimate of drug-likeness (QED) is 0.792. The van der Waals surface area contributed by atoms with Gasteiger partial charge in [-0.25, -0.2) is 0 Å². The summed E-state index contributed by atoms with van der Waals surface area (Å²) < 4.78 is 10.6. The normalized spacial score (nSPS) is 18.3. The molecule has 0 radical (unpaired) electrons. The van der Waals surface area contributed by atoms with Crippen molar-refractivity contribution >= 4 is 5.78 Å². The van der Waals surface area contributed by atoms with Crippen LogP contribution in [0.2, 0.25) is 0 Å². The Bertz CT molecular complexity index is 441. The molecule has 1 unspecified atom stereocenters. The van der Waals surface area contributed by atoms with Gasteiger partial charge >= 0.3 is 0 Å². The van der Waals surface area contributed by atoms with E-state index in [1.54, 1.807) is 12.1 Å². The predicted molar refractivity (Wildman–Crippen MR) is 65.2 cm³/mol. The SMILES string of the molecule is N#CCc1ccc(OCC(=O)C2CCOC2)cc1. The molecule has 2 rings (SSSR count). The highest BCUT2D eigenvalue weighted by Crippen LogP contribution is 2.16. The Kier molecular flexibility index (Phi) is 4.32. The van der Waals surface area contributed by atoms with E-state index in [2.05, 4.69) is 6.07 Å². The molecule has 0 spiro atoms. The van der Waals surface area contributed by atoms with Crippen molar-refractivity contribution < 1.29 is 14.3 Å². The van der Waals surface area contributed by atoms with E-state index < -0.39 is 0 Å². The second kappa shape index (κ2) is 6.18. The molecule has 1 aromatic rings. The van der Waals surface area contributed by atoms with Crippen molar-refractivity contribution in [3.05, 3.63) is 29.8 Å². The van der Waals surface area contributed by atoms with Crippen molar-refractivity contribution in [1.82, 2.24) is 0 Å². The molecular formula is C14H15NO3. The van der Waals surface area contributed by atoms with Crippen LogP contribution in [0.4, 0.5) is 0 Å². The second-order valence-electron chi connectivity index (χ2n) is 4.29. The van der Waals surface area contributed by atoms with E-state index in [1.807, 2.05) is 12.1 Å². The lowest BCUT2D eigenvalue weighted by atomic mass is 10.0. The van der Waals surface area contributed by atoms with Gasteiger partial charge < -0.3 is 9.47 Å². The zero-order valence-corrected chi connectivity index (χ0v) is 10.1. The monoisotopic (exact) mass is 245 g/mol. The highest BCUT2D eigenvalue weighted by Gasteiger charge is 2.23. The predicted octanol–water partition coefficient (Wildman–Crippen LogP) is 1.74. The first-order valence-corrected chi connectivity index (χ1v) is 5.99. The third-order valence-electron chi connectivity index (χ3n) is 2.97. The first-order chi connectivity index (χ1) is 8.79. The summed E-state index contributed by atoms with van der Waals surface area (Å²) in [6.45, 7) is 1.27. The van der Waals surface area contributed by atoms with E-state index in [-0.39, 0.29) is 18.3 Å². The molecule has 18 heavy (non-hydrogen) atoms. The molecule has 1 atom stereocenters. The van der Waals surface area contributed by atoms with Gasteiger partial charge in [0.15, 0.2) is 5.78 Å². The first-order valence-electron chi connectivity index (χ1n) is 5.99. The van der Waals surface area contributed by atoms with Crippen molar-refractivity contribution in [3.8, 4) is 11.8 Å². The molecule has 4 heteroatoms. The number of hydrogen-bond donors (Lipinski definition) is 0. The number of nitriles is 1. The van der Waals surface area contributed by atoms with Crippen LogP contribution >= 0.6 is 0 Å². The lowest BCUT2D eigenvalue weighted by molar-refractivity contribution is -0.124. The standard InChI is InChI=1S/C14H15NO3/c15-7-5-11-1-3-13(4-2-11)18-10-14(16)12-6-8-17-9-12/h1-4,12H,5-6,8-10H2. The van der Waals surface area contributed by atoms with Crippen LogP contribution in [0.1, 0.15) is 12.0 Å². The third kappa shape index (κ3) is 3.31. The number of Topliss-reactive ketones (excluding diaryl/α,β-unsaturated/α-hetero) is 1. The smallest absolute Gasteiger partial charge is 0.175 e. The Morgan fingerprint density at radius 3 is 2.83 bits per heavy atom. The lowest BCUT2D eigenvalue weighted by Crippen LogP contribution is -2.21. The molecule has 0 bridgehead atoms. The molecule has 1 saturated heterocycles. The summed E-state index contributed by atoms with van der Waals surface area (Å²) in [5.41, 5.74) is 0.945. The van der Waals surface area contributed by atoms with Gasteiger partial charge in [0.2, 0.25) is 0 Å². The largest absolute Gasteiger partial charge is 0.486 e. The van der Waals surface area contributed by atoms with Gasteiger partial charge in [0.1, 0.15) is 12.4 Å². The minimum absolute atomic E-state index is 0.0112. The van der Waals surface area contributed by atoms with Crippen molar-refractivity contribution in [2.75, 3.05) is 19.8 Å². The molecular weight excluding hydrogens is 230 g/mol. The molecule has 94 valence electrons. The van der Waals surface area contributed by atoms with Crippen molar-refractivity contribution in [1.29, 1.82) is 5.26 Å². The highest BCUT2D eigenvalue weighted by atomic mass is 16.5. The Morgan fingerprint density at radius 1 is 1.44 bits per heavy atom. The molecule has 1 fully saturated rings. The molecule has 1 heterocycles. The van der Waals surface area contributed by atoms with Crippen LogP contribution in [-0.2, 0) is 16.0 Å². The van der Waals surface area contributed by atoms with E-state index in [9.17, 15) is 4.79 Å². The van der Waals surface area contributed by atoms with Gasteiger partial charge in [-0.3, -0.25) is 4.79 Å². The molecule has 1 aliphatic rings. The van der Waals surface area contributed by atoms with Crippen LogP contribution in [0.3, 0.4) is 0 Å². The van der Waals surface area contributed by atoms with Gasteiger partial charge in [-0.15, -0.1) is 0 Å². The number of ether oxygens (including phenoxy) is 2. The van der Waals surface area contributed by atoms with E-state index in [0.29, 0.717) is 25.4 Å². The average Bonchev–Trinajstić information content (AvgIpc) is 2.92. The maximum Gasteiger partial charge on any atom is 0.175 e. The lowest BCUT2D eigenvalue weighted by Gasteiger charge is -2.08. The molecule has 0 aliphatic carbocycles. The van der Waals surface area contributed by atoms with Crippen molar-refractivity contribution in [2.24, 2.45) is 5.92 Å². The van der Waals surface area contributed by atoms with Crippen LogP contribution in [0, 0.1) is 17.2 Å². The van der Waals surface area contributed by atoms with Gasteiger partial charge in [-0.2, -0.15) is 5.26 Å². The molecule has 0 saturated carbocycles. The first kappa shape index (κ1) is 12.6. The van der Waals surface area contributed by atoms with Crippen LogP contribution in [0.5, 0.6) is 5.75 Å². The van der Waals surface area contributed by atoms with E-state index in [0.717, 1.165) is 12.0 Å². The number of rotatable bonds is 5. The summed E-state index contributed by atoms with van der Waals surface area (Å²) in [7, 11) is 0. The Labute approximate surface area is 106 Å². The van der Waals surface area contributed by atoms with Gasteiger partial charge in [0.05, 0.1) is 19.1 Å². The Morgan fingerprint density at radius 2 is 2.22 bits per heavy atom. The van der Waals surface area contributed by atoms with Crippen LogP contribution < -0.4 is 4.74 Å². The summed E-state index contributed by atoms with van der Waals surface area (Å²) in [4.78, 5) is 11.7. The summed E-state index contributed by atoms with van der Waals surface area (Å²) in [6.07, 6.45) is 1.18. The minimum Gasteiger partial charge on any atom is -0.486 e. The fraction of sp³-hybridized carbons (Fsp3) is 0.429. The number of ketones is 1. The maximum absolute atomic E-state index is 11.7. The number of carbonyl (C=O) groups is 1. The third-order valence-corrected chi connectivity index (χ3v) is 2.97. The second-order valence-corrected chi connectivity index (χ2v) is 4.29. The average molecular weight is 245 g/mol. The van der Waals surface area contributed by atoms with E-state index in [4.69, 9.17) is 14.7 Å². The molecule has 1 aliphatic heterocycles. The fourth-order valence-corrected chi connectivity index (χ4v) is 1.86. The highest BCUT2D eigenvalue weighted by molar-refractivity contribution is 5.82. The fourth-order valence-electron chi connectivity index (χ4n) is 1.86. The topological polar surface area (TPSA) is 59.3 Å².